The van der Waals surface area contributed by atoms with Crippen molar-refractivity contribution in [3.05, 3.63) is 28.8 Å². The fourth-order valence-corrected chi connectivity index (χ4v) is 3.07. The summed E-state index contributed by atoms with van der Waals surface area (Å²) in [5.41, 5.74) is 1.79. The van der Waals surface area contributed by atoms with E-state index in [1.165, 1.54) is 38.5 Å². The molecule has 3 nitrogen and oxygen atoms in total. The molecule has 0 aliphatic rings. The van der Waals surface area contributed by atoms with Crippen LogP contribution in [0.2, 0.25) is 0 Å². The lowest BCUT2D eigenvalue weighted by Crippen LogP contribution is -2.01. The number of aromatic carboxylic acids is 1. The molecule has 0 spiro atoms. The molecule has 0 atom stereocenters. The average molecular weight is 334 g/mol. The van der Waals surface area contributed by atoms with E-state index in [9.17, 15) is 15.0 Å². The number of unbranched alkanes of at least 4 members (excludes halogenated alkanes) is 6. The molecule has 2 N–H and O–H groups in total. The number of benzene rings is 1. The maximum Gasteiger partial charge on any atom is 0.339 e. The topological polar surface area (TPSA) is 57.5 Å². The van der Waals surface area contributed by atoms with Crippen LogP contribution in [0.15, 0.2) is 12.1 Å². The van der Waals surface area contributed by atoms with E-state index in [1.807, 2.05) is 13.0 Å². The van der Waals surface area contributed by atoms with E-state index in [0.717, 1.165) is 42.7 Å². The van der Waals surface area contributed by atoms with Crippen molar-refractivity contribution in [2.24, 2.45) is 5.92 Å². The first-order valence-corrected chi connectivity index (χ1v) is 9.53. The molecule has 1 aromatic rings. The third-order valence-electron chi connectivity index (χ3n) is 4.61. The summed E-state index contributed by atoms with van der Waals surface area (Å²) in [7, 11) is 0. The van der Waals surface area contributed by atoms with Crippen molar-refractivity contribution in [1.82, 2.24) is 0 Å². The predicted molar refractivity (Wildman–Crippen MR) is 99.9 cm³/mol. The fourth-order valence-electron chi connectivity index (χ4n) is 3.07. The maximum absolute atomic E-state index is 11.2. The van der Waals surface area contributed by atoms with Gasteiger partial charge >= 0.3 is 5.97 Å². The van der Waals surface area contributed by atoms with Crippen molar-refractivity contribution in [3.8, 4) is 5.75 Å². The number of carboxylic acid groups (broad SMARTS) is 1. The van der Waals surface area contributed by atoms with Gasteiger partial charge in [-0.05, 0) is 42.4 Å². The molecule has 0 aliphatic heterocycles. The monoisotopic (exact) mass is 334 g/mol. The van der Waals surface area contributed by atoms with Gasteiger partial charge in [-0.1, -0.05) is 71.8 Å². The quantitative estimate of drug-likeness (QED) is 0.463. The summed E-state index contributed by atoms with van der Waals surface area (Å²) in [4.78, 5) is 11.2. The summed E-state index contributed by atoms with van der Waals surface area (Å²) in [5, 5.41) is 19.3. The van der Waals surface area contributed by atoms with Crippen LogP contribution in [0, 0.1) is 5.92 Å². The third-order valence-corrected chi connectivity index (χ3v) is 4.61. The number of hydrogen-bond donors (Lipinski definition) is 2. The van der Waals surface area contributed by atoms with Gasteiger partial charge in [0.25, 0.3) is 0 Å². The molecule has 1 rings (SSSR count). The zero-order valence-electron chi connectivity index (χ0n) is 15.6. The molecule has 0 heterocycles. The lowest BCUT2D eigenvalue weighted by Gasteiger charge is -2.10. The maximum atomic E-state index is 11.2. The van der Waals surface area contributed by atoms with Crippen molar-refractivity contribution in [3.63, 3.8) is 0 Å². The average Bonchev–Trinajstić information content (AvgIpc) is 2.54. The van der Waals surface area contributed by atoms with Crippen LogP contribution in [0.25, 0.3) is 0 Å². The molecule has 24 heavy (non-hydrogen) atoms. The molecule has 0 fully saturated rings. The van der Waals surface area contributed by atoms with E-state index in [-0.39, 0.29) is 11.3 Å². The molecule has 0 aliphatic carbocycles. The Hall–Kier alpha value is -1.51. The van der Waals surface area contributed by atoms with Crippen molar-refractivity contribution >= 4 is 5.97 Å². The van der Waals surface area contributed by atoms with Gasteiger partial charge in [-0.25, -0.2) is 4.79 Å². The lowest BCUT2D eigenvalue weighted by atomic mass is 9.97. The highest BCUT2D eigenvalue weighted by atomic mass is 16.4. The largest absolute Gasteiger partial charge is 0.507 e. The molecule has 0 bridgehead atoms. The van der Waals surface area contributed by atoms with Crippen LogP contribution in [0.1, 0.15) is 93.6 Å². The number of aromatic hydroxyl groups is 1. The van der Waals surface area contributed by atoms with Gasteiger partial charge in [-0.15, -0.1) is 0 Å². The number of carbonyl (C=O) groups is 1. The number of rotatable bonds is 12. The first-order chi connectivity index (χ1) is 11.5. The smallest absolute Gasteiger partial charge is 0.339 e. The Balaban J connectivity index is 2.32. The number of carboxylic acids is 1. The van der Waals surface area contributed by atoms with Crippen LogP contribution >= 0.6 is 0 Å². The molecule has 0 saturated heterocycles. The first-order valence-electron chi connectivity index (χ1n) is 9.53. The van der Waals surface area contributed by atoms with E-state index in [4.69, 9.17) is 0 Å². The Kier molecular flexibility index (Phi) is 9.51. The molecule has 3 heteroatoms. The second kappa shape index (κ2) is 11.1. The van der Waals surface area contributed by atoms with Gasteiger partial charge in [-0.2, -0.15) is 0 Å². The van der Waals surface area contributed by atoms with E-state index in [0.29, 0.717) is 0 Å². The van der Waals surface area contributed by atoms with Crippen molar-refractivity contribution < 1.29 is 15.0 Å². The van der Waals surface area contributed by atoms with E-state index in [1.54, 1.807) is 6.07 Å². The van der Waals surface area contributed by atoms with Gasteiger partial charge in [0.15, 0.2) is 0 Å². The molecular formula is C21H34O3. The van der Waals surface area contributed by atoms with Crippen LogP contribution in [-0.2, 0) is 12.8 Å². The molecule has 0 unspecified atom stereocenters. The molecule has 0 aromatic heterocycles. The first kappa shape index (κ1) is 20.5. The third kappa shape index (κ3) is 7.37. The van der Waals surface area contributed by atoms with Gasteiger partial charge in [0.1, 0.15) is 11.3 Å². The predicted octanol–water partition coefficient (Wildman–Crippen LogP) is 5.97. The highest BCUT2D eigenvalue weighted by Crippen LogP contribution is 2.27. The highest BCUT2D eigenvalue weighted by molar-refractivity contribution is 5.91. The van der Waals surface area contributed by atoms with E-state index in [2.05, 4.69) is 13.8 Å². The Morgan fingerprint density at radius 1 is 1.00 bits per heavy atom. The summed E-state index contributed by atoms with van der Waals surface area (Å²) >= 11 is 0. The summed E-state index contributed by atoms with van der Waals surface area (Å²) < 4.78 is 0. The Bertz CT molecular complexity index is 506. The van der Waals surface area contributed by atoms with Crippen molar-refractivity contribution in [2.45, 2.75) is 85.0 Å². The Morgan fingerprint density at radius 2 is 1.58 bits per heavy atom. The molecule has 0 radical (unpaired) electrons. The van der Waals surface area contributed by atoms with E-state index >= 15 is 0 Å². The highest BCUT2D eigenvalue weighted by Gasteiger charge is 2.14. The van der Waals surface area contributed by atoms with Gasteiger partial charge < -0.3 is 10.2 Å². The van der Waals surface area contributed by atoms with Crippen LogP contribution in [0.3, 0.4) is 0 Å². The summed E-state index contributed by atoms with van der Waals surface area (Å²) in [6.45, 7) is 6.55. The second-order valence-corrected chi connectivity index (χ2v) is 7.22. The molecule has 0 saturated carbocycles. The second-order valence-electron chi connectivity index (χ2n) is 7.22. The van der Waals surface area contributed by atoms with E-state index < -0.39 is 5.97 Å². The fraction of sp³-hybridized carbons (Fsp3) is 0.667. The van der Waals surface area contributed by atoms with Crippen molar-refractivity contribution in [1.29, 1.82) is 0 Å². The molecule has 1 aromatic carbocycles. The number of hydrogen-bond acceptors (Lipinski definition) is 2. The van der Waals surface area contributed by atoms with Gasteiger partial charge in [0.2, 0.25) is 0 Å². The molecule has 0 amide bonds. The Morgan fingerprint density at radius 3 is 2.12 bits per heavy atom. The number of aryl methyl sites for hydroxylation is 2. The zero-order chi connectivity index (χ0) is 17.9. The lowest BCUT2D eigenvalue weighted by molar-refractivity contribution is 0.0693. The minimum atomic E-state index is -1.05. The van der Waals surface area contributed by atoms with Crippen LogP contribution in [0.5, 0.6) is 5.75 Å². The molecule has 136 valence electrons. The SMILES string of the molecule is CCc1cc(CCCCCCCCCC(C)C)c(O)c(C(=O)O)c1. The van der Waals surface area contributed by atoms with Gasteiger partial charge in [0, 0.05) is 0 Å². The number of phenols is 1. The van der Waals surface area contributed by atoms with Crippen LogP contribution in [-0.4, -0.2) is 16.2 Å². The Labute approximate surface area is 147 Å². The summed E-state index contributed by atoms with van der Waals surface area (Å²) in [5.74, 6) is -0.286. The van der Waals surface area contributed by atoms with Gasteiger partial charge in [-0.3, -0.25) is 0 Å². The van der Waals surface area contributed by atoms with Gasteiger partial charge in [0.05, 0.1) is 0 Å². The zero-order valence-corrected chi connectivity index (χ0v) is 15.6. The summed E-state index contributed by atoms with van der Waals surface area (Å²) in [6, 6.07) is 3.53. The van der Waals surface area contributed by atoms with Crippen molar-refractivity contribution in [2.75, 3.05) is 0 Å². The standard InChI is InChI=1S/C21H34O3/c1-4-17-14-18(20(22)19(15-17)21(23)24)13-11-9-7-5-6-8-10-12-16(2)3/h14-16,22H,4-13H2,1-3H3,(H,23,24). The normalized spacial score (nSPS) is 11.2. The van der Waals surface area contributed by atoms with Crippen LogP contribution in [0.4, 0.5) is 0 Å². The van der Waals surface area contributed by atoms with Crippen LogP contribution < -0.4 is 0 Å². The minimum Gasteiger partial charge on any atom is -0.507 e. The summed E-state index contributed by atoms with van der Waals surface area (Å²) in [6.07, 6.45) is 11.5. The molecular weight excluding hydrogens is 300 g/mol. The minimum absolute atomic E-state index is 0.0366.